The highest BCUT2D eigenvalue weighted by atomic mass is 32.2. The first-order valence-corrected chi connectivity index (χ1v) is 7.54. The van der Waals surface area contributed by atoms with E-state index in [1.54, 1.807) is 0 Å². The summed E-state index contributed by atoms with van der Waals surface area (Å²) in [5.74, 6) is 1.25. The number of carboxylic acid groups (broad SMARTS) is 1. The lowest BCUT2D eigenvalue weighted by molar-refractivity contribution is 0.0697. The largest absolute Gasteiger partial charge is 0.478 e. The molecule has 0 amide bonds. The summed E-state index contributed by atoms with van der Waals surface area (Å²) >= 11 is 0.872. The zero-order valence-corrected chi connectivity index (χ0v) is 11.3. The fraction of sp³-hybridized carbons (Fsp3) is 0.364. The molecule has 1 unspecified atom stereocenters. The van der Waals surface area contributed by atoms with Gasteiger partial charge in [-0.3, -0.25) is 0 Å². The quantitative estimate of drug-likeness (QED) is 0.777. The Kier molecular flexibility index (Phi) is 4.90. The van der Waals surface area contributed by atoms with E-state index in [2.05, 4.69) is 10.6 Å². The maximum Gasteiger partial charge on any atom is 0.336 e. The van der Waals surface area contributed by atoms with Crippen molar-refractivity contribution in [1.29, 1.82) is 0 Å². The van der Waals surface area contributed by atoms with Gasteiger partial charge in [0.15, 0.2) is 0 Å². The molecule has 1 heterocycles. The van der Waals surface area contributed by atoms with Crippen molar-refractivity contribution in [2.24, 2.45) is 0 Å². The molecule has 0 aliphatic heterocycles. The third-order valence-corrected chi connectivity index (χ3v) is 5.23. The molecule has 0 fully saturated rings. The van der Waals surface area contributed by atoms with Crippen LogP contribution in [0, 0.1) is 12.3 Å². The maximum atomic E-state index is 12.0. The van der Waals surface area contributed by atoms with Gasteiger partial charge in [-0.05, 0) is 12.5 Å². The monoisotopic (exact) mass is 287 g/mol. The molecule has 98 valence electrons. The minimum Gasteiger partial charge on any atom is -0.478 e. The molecule has 0 spiro atoms. The Morgan fingerprint density at radius 1 is 1.67 bits per heavy atom. The van der Waals surface area contributed by atoms with Gasteiger partial charge in [0.25, 0.3) is 0 Å². The highest BCUT2D eigenvalue weighted by Crippen LogP contribution is 2.20. The van der Waals surface area contributed by atoms with Crippen molar-refractivity contribution in [3.8, 4) is 12.3 Å². The molecule has 1 aromatic heterocycles. The van der Waals surface area contributed by atoms with E-state index in [-0.39, 0.29) is 15.8 Å². The SMILES string of the molecule is C#CCC(CC)NS(=O)(=O)c1cc(C(=O)O)cs1. The van der Waals surface area contributed by atoms with Crippen LogP contribution in [0.5, 0.6) is 0 Å². The summed E-state index contributed by atoms with van der Waals surface area (Å²) in [6.45, 7) is 1.82. The van der Waals surface area contributed by atoms with Gasteiger partial charge in [0.05, 0.1) is 5.56 Å². The van der Waals surface area contributed by atoms with E-state index in [9.17, 15) is 13.2 Å². The van der Waals surface area contributed by atoms with E-state index in [0.29, 0.717) is 12.8 Å². The van der Waals surface area contributed by atoms with Crippen molar-refractivity contribution in [1.82, 2.24) is 4.72 Å². The molecular formula is C11H13NO4S2. The van der Waals surface area contributed by atoms with Crippen molar-refractivity contribution in [2.45, 2.75) is 30.0 Å². The average molecular weight is 287 g/mol. The van der Waals surface area contributed by atoms with Crippen LogP contribution >= 0.6 is 11.3 Å². The molecule has 0 saturated carbocycles. The predicted octanol–water partition coefficient (Wildman–Crippen LogP) is 1.53. The van der Waals surface area contributed by atoms with E-state index in [4.69, 9.17) is 11.5 Å². The number of nitrogens with one attached hydrogen (secondary N) is 1. The van der Waals surface area contributed by atoms with Crippen LogP contribution in [-0.4, -0.2) is 25.5 Å². The average Bonchev–Trinajstić information content (AvgIpc) is 2.78. The molecule has 1 atom stereocenters. The smallest absolute Gasteiger partial charge is 0.336 e. The number of thiophene rings is 1. The Labute approximate surface area is 110 Å². The molecule has 18 heavy (non-hydrogen) atoms. The Morgan fingerprint density at radius 3 is 2.78 bits per heavy atom. The Bertz CT molecular complexity index is 568. The number of aromatic carboxylic acids is 1. The summed E-state index contributed by atoms with van der Waals surface area (Å²) in [7, 11) is -3.70. The molecule has 0 radical (unpaired) electrons. The second-order valence-electron chi connectivity index (χ2n) is 3.59. The van der Waals surface area contributed by atoms with Crippen molar-refractivity contribution in [3.63, 3.8) is 0 Å². The van der Waals surface area contributed by atoms with Crippen LogP contribution in [0.3, 0.4) is 0 Å². The molecule has 0 saturated heterocycles. The summed E-state index contributed by atoms with van der Waals surface area (Å²) in [4.78, 5) is 10.7. The highest BCUT2D eigenvalue weighted by Gasteiger charge is 2.21. The third-order valence-electron chi connectivity index (χ3n) is 2.27. The van der Waals surface area contributed by atoms with Crippen LogP contribution in [0.15, 0.2) is 15.7 Å². The van der Waals surface area contributed by atoms with Crippen LogP contribution in [-0.2, 0) is 10.0 Å². The second-order valence-corrected chi connectivity index (χ2v) is 6.45. The Hall–Kier alpha value is -1.36. The molecule has 0 bridgehead atoms. The number of terminal acetylenes is 1. The van der Waals surface area contributed by atoms with E-state index < -0.39 is 16.0 Å². The molecule has 0 aromatic carbocycles. The first-order chi connectivity index (χ1) is 8.40. The van der Waals surface area contributed by atoms with Gasteiger partial charge in [0.2, 0.25) is 10.0 Å². The van der Waals surface area contributed by atoms with E-state index in [1.165, 1.54) is 5.38 Å². The van der Waals surface area contributed by atoms with Crippen LogP contribution in [0.4, 0.5) is 0 Å². The number of carbonyl (C=O) groups is 1. The minimum absolute atomic E-state index is 0.0182. The van der Waals surface area contributed by atoms with Gasteiger partial charge in [-0.15, -0.1) is 23.7 Å². The normalized spacial score (nSPS) is 12.9. The summed E-state index contributed by atoms with van der Waals surface area (Å²) < 4.78 is 26.3. The molecule has 7 heteroatoms. The van der Waals surface area contributed by atoms with Crippen molar-refractivity contribution in [3.05, 3.63) is 17.0 Å². The van der Waals surface area contributed by atoms with Gasteiger partial charge in [-0.2, -0.15) is 0 Å². The van der Waals surface area contributed by atoms with Gasteiger partial charge in [-0.25, -0.2) is 17.9 Å². The van der Waals surface area contributed by atoms with Crippen LogP contribution < -0.4 is 4.72 Å². The topological polar surface area (TPSA) is 83.5 Å². The number of hydrogen-bond acceptors (Lipinski definition) is 4. The number of carboxylic acids is 1. The predicted molar refractivity (Wildman–Crippen MR) is 69.1 cm³/mol. The lowest BCUT2D eigenvalue weighted by atomic mass is 10.2. The van der Waals surface area contributed by atoms with Crippen LogP contribution in [0.1, 0.15) is 30.1 Å². The summed E-state index contributed by atoms with van der Waals surface area (Å²) in [5.41, 5.74) is -0.0367. The summed E-state index contributed by atoms with van der Waals surface area (Å²) in [6, 6.07) is 0.799. The van der Waals surface area contributed by atoms with Crippen molar-refractivity contribution < 1.29 is 18.3 Å². The fourth-order valence-corrected chi connectivity index (χ4v) is 3.75. The van der Waals surface area contributed by atoms with E-state index >= 15 is 0 Å². The van der Waals surface area contributed by atoms with Gasteiger partial charge < -0.3 is 5.11 Å². The maximum absolute atomic E-state index is 12.0. The molecule has 2 N–H and O–H groups in total. The van der Waals surface area contributed by atoms with Crippen molar-refractivity contribution in [2.75, 3.05) is 0 Å². The van der Waals surface area contributed by atoms with E-state index in [0.717, 1.165) is 17.4 Å². The fourth-order valence-electron chi connectivity index (χ4n) is 1.26. The standard InChI is InChI=1S/C11H13NO4S2/c1-3-5-9(4-2)12-18(15,16)10-6-8(7-17-10)11(13)14/h1,6-7,9,12H,4-5H2,2H3,(H,13,14). The number of sulfonamides is 1. The summed E-state index contributed by atoms with van der Waals surface area (Å²) in [5, 5.41) is 10.0. The number of hydrogen-bond donors (Lipinski definition) is 2. The highest BCUT2D eigenvalue weighted by molar-refractivity contribution is 7.91. The van der Waals surface area contributed by atoms with Crippen LogP contribution in [0.2, 0.25) is 0 Å². The first kappa shape index (κ1) is 14.7. The third kappa shape index (κ3) is 3.57. The van der Waals surface area contributed by atoms with Crippen LogP contribution in [0.25, 0.3) is 0 Å². The zero-order chi connectivity index (χ0) is 13.8. The molecule has 1 rings (SSSR count). The molecular weight excluding hydrogens is 274 g/mol. The summed E-state index contributed by atoms with van der Waals surface area (Å²) in [6.07, 6.45) is 6.01. The minimum atomic E-state index is -3.70. The molecule has 0 aliphatic rings. The first-order valence-electron chi connectivity index (χ1n) is 5.18. The zero-order valence-electron chi connectivity index (χ0n) is 9.71. The van der Waals surface area contributed by atoms with Gasteiger partial charge in [0, 0.05) is 17.8 Å². The molecule has 5 nitrogen and oxygen atoms in total. The van der Waals surface area contributed by atoms with Gasteiger partial charge in [0.1, 0.15) is 4.21 Å². The van der Waals surface area contributed by atoms with Gasteiger partial charge in [-0.1, -0.05) is 6.92 Å². The van der Waals surface area contributed by atoms with Crippen molar-refractivity contribution >= 4 is 27.3 Å². The lowest BCUT2D eigenvalue weighted by Crippen LogP contribution is -2.33. The number of rotatable bonds is 6. The molecule has 0 aliphatic carbocycles. The Morgan fingerprint density at radius 2 is 2.33 bits per heavy atom. The second kappa shape index (κ2) is 6.00. The Balaban J connectivity index is 2.92. The van der Waals surface area contributed by atoms with E-state index in [1.807, 2.05) is 6.92 Å². The van der Waals surface area contributed by atoms with Gasteiger partial charge >= 0.3 is 5.97 Å². The molecule has 1 aromatic rings. The lowest BCUT2D eigenvalue weighted by Gasteiger charge is -2.13.